The maximum Gasteiger partial charge on any atom is 0.280 e. The number of hydrogen-bond donors (Lipinski definition) is 0. The van der Waals surface area contributed by atoms with E-state index in [4.69, 9.17) is 11.6 Å². The van der Waals surface area contributed by atoms with E-state index in [-0.39, 0.29) is 16.0 Å². The van der Waals surface area contributed by atoms with Gasteiger partial charge in [0.15, 0.2) is 5.82 Å². The van der Waals surface area contributed by atoms with Gasteiger partial charge in [0.25, 0.3) is 6.43 Å². The molecular weight excluding hydrogens is 270 g/mol. The molecule has 13 heavy (non-hydrogen) atoms. The molecule has 1 nitrogen and oxygen atoms in total. The SMILES string of the molecule is Fc1cc(CCl)c(C(F)F)nc1Br. The fourth-order valence-electron chi connectivity index (χ4n) is 0.813. The van der Waals surface area contributed by atoms with Crippen LogP contribution in [0.1, 0.15) is 17.7 Å². The van der Waals surface area contributed by atoms with Crippen molar-refractivity contribution in [2.75, 3.05) is 0 Å². The highest BCUT2D eigenvalue weighted by Crippen LogP contribution is 2.25. The van der Waals surface area contributed by atoms with Crippen molar-refractivity contribution in [1.82, 2.24) is 4.98 Å². The molecule has 72 valence electrons. The Morgan fingerprint density at radius 1 is 1.54 bits per heavy atom. The maximum absolute atomic E-state index is 12.8. The number of aromatic nitrogens is 1. The van der Waals surface area contributed by atoms with Crippen LogP contribution in [-0.4, -0.2) is 4.98 Å². The van der Waals surface area contributed by atoms with Crippen LogP contribution >= 0.6 is 27.5 Å². The van der Waals surface area contributed by atoms with Gasteiger partial charge in [0.05, 0.1) is 0 Å². The monoisotopic (exact) mass is 273 g/mol. The van der Waals surface area contributed by atoms with E-state index in [1.165, 1.54) is 0 Å². The van der Waals surface area contributed by atoms with Crippen LogP contribution in [0, 0.1) is 5.82 Å². The summed E-state index contributed by atoms with van der Waals surface area (Å²) in [4.78, 5) is 3.35. The van der Waals surface area contributed by atoms with E-state index in [0.29, 0.717) is 0 Å². The molecule has 0 aromatic carbocycles. The van der Waals surface area contributed by atoms with Gasteiger partial charge in [-0.3, -0.25) is 0 Å². The van der Waals surface area contributed by atoms with Crippen molar-refractivity contribution in [3.63, 3.8) is 0 Å². The quantitative estimate of drug-likeness (QED) is 0.592. The lowest BCUT2D eigenvalue weighted by atomic mass is 10.2. The summed E-state index contributed by atoms with van der Waals surface area (Å²) in [5.74, 6) is -0.878. The van der Waals surface area contributed by atoms with Gasteiger partial charge in [-0.25, -0.2) is 18.2 Å². The third-order valence-corrected chi connectivity index (χ3v) is 2.24. The molecule has 1 heterocycles. The van der Waals surface area contributed by atoms with Gasteiger partial charge in [0.1, 0.15) is 10.3 Å². The van der Waals surface area contributed by atoms with Crippen LogP contribution in [-0.2, 0) is 5.88 Å². The van der Waals surface area contributed by atoms with Crippen molar-refractivity contribution in [2.24, 2.45) is 0 Å². The molecule has 0 spiro atoms. The summed E-state index contributed by atoms with van der Waals surface area (Å²) in [5.41, 5.74) is -0.472. The highest BCUT2D eigenvalue weighted by molar-refractivity contribution is 9.10. The van der Waals surface area contributed by atoms with Gasteiger partial charge in [-0.15, -0.1) is 11.6 Å². The number of alkyl halides is 3. The maximum atomic E-state index is 12.8. The predicted molar refractivity (Wildman–Crippen MR) is 46.4 cm³/mol. The minimum absolute atomic E-state index is 0.0115. The molecule has 6 heteroatoms. The Labute approximate surface area is 86.0 Å². The molecule has 0 unspecified atom stereocenters. The van der Waals surface area contributed by atoms with Crippen LogP contribution in [0.5, 0.6) is 0 Å². The van der Waals surface area contributed by atoms with E-state index in [1.807, 2.05) is 0 Å². The van der Waals surface area contributed by atoms with Crippen LogP contribution in [0.3, 0.4) is 0 Å². The first-order valence-corrected chi connectivity index (χ1v) is 4.58. The molecule has 0 aliphatic carbocycles. The van der Waals surface area contributed by atoms with Gasteiger partial charge in [0.2, 0.25) is 0 Å². The molecule has 1 aromatic heterocycles. The molecule has 0 aliphatic heterocycles. The molecule has 0 bridgehead atoms. The first-order chi connectivity index (χ1) is 6.06. The van der Waals surface area contributed by atoms with E-state index in [9.17, 15) is 13.2 Å². The van der Waals surface area contributed by atoms with E-state index >= 15 is 0 Å². The zero-order valence-electron chi connectivity index (χ0n) is 6.20. The zero-order chi connectivity index (χ0) is 10.0. The second-order valence-electron chi connectivity index (χ2n) is 2.24. The third kappa shape index (κ3) is 2.34. The van der Waals surface area contributed by atoms with E-state index in [0.717, 1.165) is 6.07 Å². The van der Waals surface area contributed by atoms with Crippen molar-refractivity contribution >= 4 is 27.5 Å². The molecular formula is C7H4BrClF3N. The van der Waals surface area contributed by atoms with Crippen LogP contribution < -0.4 is 0 Å². The zero-order valence-corrected chi connectivity index (χ0v) is 8.54. The molecule has 0 N–H and O–H groups in total. The van der Waals surface area contributed by atoms with Gasteiger partial charge >= 0.3 is 0 Å². The fraction of sp³-hybridized carbons (Fsp3) is 0.286. The standard InChI is InChI=1S/C7H4BrClF3N/c8-6-4(10)1-3(2-9)5(13-6)7(11)12/h1,7H,2H2. The Hall–Kier alpha value is -0.290. The van der Waals surface area contributed by atoms with Crippen molar-refractivity contribution in [3.8, 4) is 0 Å². The van der Waals surface area contributed by atoms with Gasteiger partial charge in [-0.1, -0.05) is 0 Å². The van der Waals surface area contributed by atoms with E-state index in [1.54, 1.807) is 0 Å². The van der Waals surface area contributed by atoms with Crippen LogP contribution in [0.25, 0.3) is 0 Å². The molecule has 1 aromatic rings. The summed E-state index contributed by atoms with van der Waals surface area (Å²) in [5, 5.41) is 0. The third-order valence-electron chi connectivity index (χ3n) is 1.40. The summed E-state index contributed by atoms with van der Waals surface area (Å²) in [7, 11) is 0. The smallest absolute Gasteiger partial charge is 0.236 e. The van der Waals surface area contributed by atoms with Crippen molar-refractivity contribution in [1.29, 1.82) is 0 Å². The Balaban J connectivity index is 3.25. The van der Waals surface area contributed by atoms with Crippen LogP contribution in [0.15, 0.2) is 10.7 Å². The topological polar surface area (TPSA) is 12.9 Å². The van der Waals surface area contributed by atoms with Gasteiger partial charge in [0, 0.05) is 5.88 Å². The van der Waals surface area contributed by atoms with Crippen molar-refractivity contribution in [2.45, 2.75) is 12.3 Å². The minimum Gasteiger partial charge on any atom is -0.236 e. The van der Waals surface area contributed by atoms with Crippen LogP contribution in [0.4, 0.5) is 13.2 Å². The molecule has 0 aliphatic rings. The molecule has 1 rings (SSSR count). The summed E-state index contributed by atoms with van der Waals surface area (Å²) in [6, 6.07) is 0.950. The summed E-state index contributed by atoms with van der Waals surface area (Å²) >= 11 is 8.06. The van der Waals surface area contributed by atoms with E-state index in [2.05, 4.69) is 20.9 Å². The van der Waals surface area contributed by atoms with E-state index < -0.39 is 17.9 Å². The minimum atomic E-state index is -2.74. The molecule has 0 saturated carbocycles. The number of nitrogens with zero attached hydrogens (tertiary/aromatic N) is 1. The summed E-state index contributed by atoms with van der Waals surface area (Å²) in [6.45, 7) is 0. The van der Waals surface area contributed by atoms with Gasteiger partial charge < -0.3 is 0 Å². The lowest BCUT2D eigenvalue weighted by Gasteiger charge is -2.05. The normalized spacial score (nSPS) is 10.9. The molecule has 0 fully saturated rings. The summed E-state index contributed by atoms with van der Waals surface area (Å²) in [6.07, 6.45) is -2.74. The van der Waals surface area contributed by atoms with Gasteiger partial charge in [-0.05, 0) is 27.6 Å². The first kappa shape index (κ1) is 10.8. The molecule has 0 saturated heterocycles. The van der Waals surface area contributed by atoms with Gasteiger partial charge in [-0.2, -0.15) is 0 Å². The number of hydrogen-bond acceptors (Lipinski definition) is 1. The molecule has 0 amide bonds. The van der Waals surface area contributed by atoms with Crippen LogP contribution in [0.2, 0.25) is 0 Å². The predicted octanol–water partition coefficient (Wildman–Crippen LogP) is 3.66. The van der Waals surface area contributed by atoms with Crippen molar-refractivity contribution in [3.05, 3.63) is 27.7 Å². The second kappa shape index (κ2) is 4.28. The average molecular weight is 274 g/mol. The lowest BCUT2D eigenvalue weighted by Crippen LogP contribution is -1.99. The average Bonchev–Trinajstić information content (AvgIpc) is 2.08. The largest absolute Gasteiger partial charge is 0.280 e. The number of halogens is 5. The fourth-order valence-corrected chi connectivity index (χ4v) is 1.33. The highest BCUT2D eigenvalue weighted by Gasteiger charge is 2.17. The molecule has 0 atom stereocenters. The number of rotatable bonds is 2. The Morgan fingerprint density at radius 3 is 2.62 bits per heavy atom. The highest BCUT2D eigenvalue weighted by atomic mass is 79.9. The van der Waals surface area contributed by atoms with Crippen molar-refractivity contribution < 1.29 is 13.2 Å². The lowest BCUT2D eigenvalue weighted by molar-refractivity contribution is 0.144. The number of pyridine rings is 1. The molecule has 0 radical (unpaired) electrons. The Morgan fingerprint density at radius 2 is 2.15 bits per heavy atom. The first-order valence-electron chi connectivity index (χ1n) is 3.25. The Kier molecular flexibility index (Phi) is 3.55. The second-order valence-corrected chi connectivity index (χ2v) is 3.26. The summed E-state index contributed by atoms with van der Waals surface area (Å²) < 4.78 is 37.1. The Bertz CT molecular complexity index is 319.